The number of rotatable bonds is 2. The molecule has 3 N–H and O–H groups in total. The topological polar surface area (TPSA) is 107 Å². The molecule has 0 radical (unpaired) electrons. The van der Waals surface area contributed by atoms with E-state index in [0.29, 0.717) is 4.90 Å². The molecule has 0 aromatic rings. The van der Waals surface area contributed by atoms with Crippen LogP contribution in [0.5, 0.6) is 0 Å². The van der Waals surface area contributed by atoms with Gasteiger partial charge in [0.15, 0.2) is 0 Å². The lowest BCUT2D eigenvalue weighted by atomic mass is 10.1. The predicted molar refractivity (Wildman–Crippen MR) is 38.5 cm³/mol. The van der Waals surface area contributed by atoms with E-state index in [0.717, 1.165) is 0 Å². The summed E-state index contributed by atoms with van der Waals surface area (Å²) in [6.07, 6.45) is -0.332. The van der Waals surface area contributed by atoms with Crippen LogP contribution in [0.15, 0.2) is 0 Å². The number of urea groups is 1. The number of amides is 3. The quantitative estimate of drug-likeness (QED) is 0.480. The third-order valence-electron chi connectivity index (χ3n) is 1.66. The fourth-order valence-corrected chi connectivity index (χ4v) is 0.968. The lowest BCUT2D eigenvalue weighted by Gasteiger charge is -2.27. The summed E-state index contributed by atoms with van der Waals surface area (Å²) in [6, 6.07) is -2.08. The third kappa shape index (κ3) is 1.75. The van der Waals surface area contributed by atoms with Gasteiger partial charge in [-0.05, 0) is 0 Å². The van der Waals surface area contributed by atoms with Gasteiger partial charge in [-0.3, -0.25) is 4.79 Å². The van der Waals surface area contributed by atoms with E-state index in [1.807, 2.05) is 0 Å². The second-order valence-electron chi connectivity index (χ2n) is 2.51. The Kier molecular flexibility index (Phi) is 2.47. The maximum Gasteiger partial charge on any atom is 0.326 e. The Morgan fingerprint density at radius 3 is 2.62 bits per heavy atom. The van der Waals surface area contributed by atoms with Gasteiger partial charge in [0.1, 0.15) is 12.8 Å². The van der Waals surface area contributed by atoms with Crippen LogP contribution in [0.3, 0.4) is 0 Å². The number of nitrogens with one attached hydrogen (secondary N) is 1. The van der Waals surface area contributed by atoms with Gasteiger partial charge in [0.05, 0.1) is 6.42 Å². The summed E-state index contributed by atoms with van der Waals surface area (Å²) in [6.45, 7) is -0.739. The minimum absolute atomic E-state index is 0.332. The molecule has 1 atom stereocenters. The molecule has 13 heavy (non-hydrogen) atoms. The molecular weight excluding hydrogens is 180 g/mol. The van der Waals surface area contributed by atoms with Crippen molar-refractivity contribution in [3.05, 3.63) is 0 Å². The number of imide groups is 1. The van der Waals surface area contributed by atoms with Gasteiger partial charge in [0, 0.05) is 0 Å². The van der Waals surface area contributed by atoms with E-state index >= 15 is 0 Å². The molecule has 1 heterocycles. The summed E-state index contributed by atoms with van der Waals surface area (Å²) < 4.78 is 0. The van der Waals surface area contributed by atoms with Crippen LogP contribution < -0.4 is 5.32 Å². The Hall–Kier alpha value is -1.63. The molecule has 0 spiro atoms. The minimum atomic E-state index is -1.26. The van der Waals surface area contributed by atoms with Crippen LogP contribution in [0, 0.1) is 0 Å². The number of carboxylic acids is 1. The first-order valence-electron chi connectivity index (χ1n) is 3.50. The van der Waals surface area contributed by atoms with Crippen LogP contribution in [-0.4, -0.2) is 45.8 Å². The van der Waals surface area contributed by atoms with Gasteiger partial charge in [-0.25, -0.2) is 14.5 Å². The minimum Gasteiger partial charge on any atom is -0.480 e. The second kappa shape index (κ2) is 3.40. The third-order valence-corrected chi connectivity index (χ3v) is 1.66. The summed E-state index contributed by atoms with van der Waals surface area (Å²) in [5, 5.41) is 19.1. The van der Waals surface area contributed by atoms with Gasteiger partial charge < -0.3 is 15.5 Å². The average molecular weight is 188 g/mol. The first-order valence-corrected chi connectivity index (χ1v) is 3.50. The Morgan fingerprint density at radius 1 is 1.62 bits per heavy atom. The van der Waals surface area contributed by atoms with E-state index in [4.69, 9.17) is 10.2 Å². The molecule has 0 aliphatic carbocycles. The number of carbonyl (C=O) groups excluding carboxylic acids is 2. The number of hydrogen-bond acceptors (Lipinski definition) is 4. The zero-order chi connectivity index (χ0) is 10.0. The molecular formula is C6H8N2O5. The Morgan fingerprint density at radius 2 is 2.23 bits per heavy atom. The molecule has 0 aromatic heterocycles. The summed E-state index contributed by atoms with van der Waals surface area (Å²) >= 11 is 0. The Labute approximate surface area is 72.9 Å². The maximum atomic E-state index is 11.0. The number of carbonyl (C=O) groups is 3. The smallest absolute Gasteiger partial charge is 0.326 e. The Balaban J connectivity index is 2.73. The van der Waals surface area contributed by atoms with Crippen molar-refractivity contribution >= 4 is 17.9 Å². The molecule has 1 aliphatic rings. The zero-order valence-electron chi connectivity index (χ0n) is 6.56. The van der Waals surface area contributed by atoms with Crippen molar-refractivity contribution in [2.75, 3.05) is 6.73 Å². The number of hydrogen-bond donors (Lipinski definition) is 3. The molecule has 0 aromatic carbocycles. The molecule has 1 saturated heterocycles. The van der Waals surface area contributed by atoms with Crippen LogP contribution in [-0.2, 0) is 9.59 Å². The highest BCUT2D eigenvalue weighted by Crippen LogP contribution is 2.06. The van der Waals surface area contributed by atoms with E-state index in [1.54, 1.807) is 0 Å². The first kappa shape index (κ1) is 9.46. The molecule has 1 fully saturated rings. The standard InChI is InChI=1S/C6H8N2O5/c9-2-8-4(10)1-3(5(11)12)7-6(8)13/h3,9H,1-2H2,(H,7,13)(H,11,12). The van der Waals surface area contributed by atoms with E-state index in [-0.39, 0.29) is 6.42 Å². The van der Waals surface area contributed by atoms with Gasteiger partial charge in [-0.15, -0.1) is 0 Å². The normalized spacial score (nSPS) is 22.8. The zero-order valence-corrected chi connectivity index (χ0v) is 6.56. The number of nitrogens with zero attached hydrogens (tertiary/aromatic N) is 1. The molecule has 1 aliphatic heterocycles. The molecule has 3 amide bonds. The highest BCUT2D eigenvalue weighted by atomic mass is 16.4. The summed E-state index contributed by atoms with van der Waals surface area (Å²) in [5.41, 5.74) is 0. The van der Waals surface area contributed by atoms with Crippen molar-refractivity contribution in [3.63, 3.8) is 0 Å². The fraction of sp³-hybridized carbons (Fsp3) is 0.500. The molecule has 0 bridgehead atoms. The van der Waals surface area contributed by atoms with Crippen molar-refractivity contribution in [1.29, 1.82) is 0 Å². The van der Waals surface area contributed by atoms with E-state index < -0.39 is 30.7 Å². The summed E-state index contributed by atoms with van der Waals surface area (Å²) in [4.78, 5) is 32.8. The van der Waals surface area contributed by atoms with Crippen LogP contribution >= 0.6 is 0 Å². The van der Waals surface area contributed by atoms with Gasteiger partial charge in [-0.2, -0.15) is 0 Å². The van der Waals surface area contributed by atoms with Crippen molar-refractivity contribution in [1.82, 2.24) is 10.2 Å². The van der Waals surface area contributed by atoms with Crippen LogP contribution in [0.25, 0.3) is 0 Å². The van der Waals surface area contributed by atoms with Crippen LogP contribution in [0.2, 0.25) is 0 Å². The summed E-state index contributed by atoms with van der Waals surface area (Å²) in [5.74, 6) is -1.96. The largest absolute Gasteiger partial charge is 0.480 e. The number of aliphatic hydroxyl groups is 1. The van der Waals surface area contributed by atoms with Crippen LogP contribution in [0.1, 0.15) is 6.42 Å². The van der Waals surface area contributed by atoms with E-state index in [1.165, 1.54) is 0 Å². The average Bonchev–Trinajstić information content (AvgIpc) is 2.03. The van der Waals surface area contributed by atoms with Crippen molar-refractivity contribution in [3.8, 4) is 0 Å². The van der Waals surface area contributed by atoms with Gasteiger partial charge in [-0.1, -0.05) is 0 Å². The highest BCUT2D eigenvalue weighted by molar-refractivity contribution is 6.01. The monoisotopic (exact) mass is 188 g/mol. The molecule has 7 heteroatoms. The maximum absolute atomic E-state index is 11.0. The van der Waals surface area contributed by atoms with Gasteiger partial charge >= 0.3 is 12.0 Å². The lowest BCUT2D eigenvalue weighted by molar-refractivity contribution is -0.145. The van der Waals surface area contributed by atoms with E-state index in [2.05, 4.69) is 5.32 Å². The molecule has 7 nitrogen and oxygen atoms in total. The first-order chi connectivity index (χ1) is 6.06. The van der Waals surface area contributed by atoms with Crippen molar-refractivity contribution in [2.45, 2.75) is 12.5 Å². The SMILES string of the molecule is O=C(O)C1CC(=O)N(CO)C(=O)N1. The predicted octanol–water partition coefficient (Wildman–Crippen LogP) is -1.67. The molecule has 0 saturated carbocycles. The number of aliphatic hydroxyl groups excluding tert-OH is 1. The van der Waals surface area contributed by atoms with Crippen LogP contribution in [0.4, 0.5) is 4.79 Å². The summed E-state index contributed by atoms with van der Waals surface area (Å²) in [7, 11) is 0. The molecule has 1 unspecified atom stereocenters. The highest BCUT2D eigenvalue weighted by Gasteiger charge is 2.34. The number of carboxylic acid groups (broad SMARTS) is 1. The molecule has 1 rings (SSSR count). The van der Waals surface area contributed by atoms with E-state index in [9.17, 15) is 14.4 Å². The van der Waals surface area contributed by atoms with Gasteiger partial charge in [0.2, 0.25) is 5.91 Å². The Bertz CT molecular complexity index is 246. The fourth-order valence-electron chi connectivity index (χ4n) is 0.968. The number of aliphatic carboxylic acids is 1. The lowest BCUT2D eigenvalue weighted by Crippen LogP contribution is -2.57. The molecule has 72 valence electrons. The van der Waals surface area contributed by atoms with Crippen molar-refractivity contribution < 1.29 is 24.6 Å². The second-order valence-corrected chi connectivity index (χ2v) is 2.51. The van der Waals surface area contributed by atoms with Gasteiger partial charge in [0.25, 0.3) is 0 Å². The van der Waals surface area contributed by atoms with Crippen molar-refractivity contribution in [2.24, 2.45) is 0 Å².